The van der Waals surface area contributed by atoms with E-state index in [1.807, 2.05) is 0 Å². The summed E-state index contributed by atoms with van der Waals surface area (Å²) in [5.41, 5.74) is 2.28. The van der Waals surface area contributed by atoms with Crippen LogP contribution in [0.25, 0.3) is 0 Å². The zero-order valence-corrected chi connectivity index (χ0v) is 17.0. The maximum atomic E-state index is 4.68. The molecule has 28 heavy (non-hydrogen) atoms. The highest BCUT2D eigenvalue weighted by molar-refractivity contribution is 5.60. The molecule has 2 aliphatic rings. The molecule has 2 fully saturated rings. The molecule has 0 saturated carbocycles. The Kier molecular flexibility index (Phi) is 5.90. The van der Waals surface area contributed by atoms with Gasteiger partial charge < -0.3 is 20.0 Å². The van der Waals surface area contributed by atoms with Gasteiger partial charge in [0.1, 0.15) is 0 Å². The van der Waals surface area contributed by atoms with E-state index in [4.69, 9.17) is 0 Å². The minimum absolute atomic E-state index is 0.551. The maximum Gasteiger partial charge on any atom is 0.249 e. The molecule has 0 amide bonds. The predicted molar refractivity (Wildman–Crippen MR) is 114 cm³/mol. The van der Waals surface area contributed by atoms with Crippen molar-refractivity contribution in [2.75, 3.05) is 60.9 Å². The maximum absolute atomic E-state index is 4.68. The molecule has 3 heterocycles. The number of rotatable bonds is 5. The van der Waals surface area contributed by atoms with Crippen LogP contribution in [0.4, 0.5) is 23.1 Å². The highest BCUT2D eigenvalue weighted by atomic mass is 15.3. The number of likely N-dealkylation sites (N-methyl/N-ethyl adjacent to an activating group) is 1. The highest BCUT2D eigenvalue weighted by Crippen LogP contribution is 2.25. The summed E-state index contributed by atoms with van der Waals surface area (Å²) in [6.45, 7) is 12.1. The molecule has 0 aliphatic carbocycles. The Hall–Kier alpha value is -2.41. The molecule has 1 aromatic carbocycles. The first-order valence-corrected chi connectivity index (χ1v) is 10.5. The monoisotopic (exact) mass is 381 g/mol. The molecule has 0 unspecified atom stereocenters. The van der Waals surface area contributed by atoms with Gasteiger partial charge in [0.15, 0.2) is 5.82 Å². The molecule has 7 nitrogen and oxygen atoms in total. The minimum atomic E-state index is 0.551. The molecular formula is C21H31N7. The molecule has 0 radical (unpaired) electrons. The summed E-state index contributed by atoms with van der Waals surface area (Å²) in [6, 6.07) is 8.56. The van der Waals surface area contributed by atoms with Crippen LogP contribution < -0.4 is 15.1 Å². The molecule has 150 valence electrons. The van der Waals surface area contributed by atoms with Crippen molar-refractivity contribution >= 4 is 23.1 Å². The number of hydrogen-bond donors (Lipinski definition) is 1. The van der Waals surface area contributed by atoms with Gasteiger partial charge in [-0.3, -0.25) is 0 Å². The van der Waals surface area contributed by atoms with Gasteiger partial charge in [-0.1, -0.05) is 13.8 Å². The number of nitrogens with zero attached hydrogens (tertiary/aromatic N) is 6. The Morgan fingerprint density at radius 1 is 0.964 bits per heavy atom. The first-order chi connectivity index (χ1) is 13.7. The summed E-state index contributed by atoms with van der Waals surface area (Å²) in [4.78, 5) is 11.9. The summed E-state index contributed by atoms with van der Waals surface area (Å²) in [5, 5.41) is 11.6. The summed E-state index contributed by atoms with van der Waals surface area (Å²) in [7, 11) is 0. The fourth-order valence-electron chi connectivity index (χ4n) is 3.94. The molecule has 7 heteroatoms. The van der Waals surface area contributed by atoms with Crippen LogP contribution in [0, 0.1) is 5.92 Å². The lowest BCUT2D eigenvalue weighted by atomic mass is 9.99. The normalized spacial score (nSPS) is 19.1. The zero-order valence-electron chi connectivity index (χ0n) is 17.0. The number of benzene rings is 1. The molecule has 1 N–H and O–H groups in total. The van der Waals surface area contributed by atoms with Crippen LogP contribution in [0.1, 0.15) is 26.7 Å². The van der Waals surface area contributed by atoms with Crippen molar-refractivity contribution in [3.05, 3.63) is 30.5 Å². The first kappa shape index (κ1) is 18.9. The molecular weight excluding hydrogens is 350 g/mol. The van der Waals surface area contributed by atoms with Gasteiger partial charge in [0, 0.05) is 50.6 Å². The Balaban J connectivity index is 1.38. The fraction of sp³-hybridized carbons (Fsp3) is 0.571. The topological polar surface area (TPSA) is 60.4 Å². The van der Waals surface area contributed by atoms with Crippen molar-refractivity contribution in [1.82, 2.24) is 20.1 Å². The lowest BCUT2D eigenvalue weighted by Crippen LogP contribution is -2.46. The second-order valence-electron chi connectivity index (χ2n) is 7.90. The largest absolute Gasteiger partial charge is 0.372 e. The quantitative estimate of drug-likeness (QED) is 0.854. The van der Waals surface area contributed by atoms with Gasteiger partial charge >= 0.3 is 0 Å². The average Bonchev–Trinajstić information content (AvgIpc) is 2.75. The second-order valence-corrected chi connectivity index (χ2v) is 7.90. The number of aromatic nitrogens is 3. The second kappa shape index (κ2) is 8.73. The van der Waals surface area contributed by atoms with Crippen LogP contribution in [0.5, 0.6) is 0 Å². The Bertz CT molecular complexity index is 748. The summed E-state index contributed by atoms with van der Waals surface area (Å²) in [5.74, 6) is 2.29. The fourth-order valence-corrected chi connectivity index (χ4v) is 3.94. The lowest BCUT2D eigenvalue weighted by molar-refractivity contribution is 0.270. The van der Waals surface area contributed by atoms with Gasteiger partial charge in [0.2, 0.25) is 5.95 Å². The van der Waals surface area contributed by atoms with E-state index >= 15 is 0 Å². The van der Waals surface area contributed by atoms with Gasteiger partial charge in [-0.05, 0) is 49.6 Å². The molecule has 2 aliphatic heterocycles. The zero-order chi connectivity index (χ0) is 19.3. The van der Waals surface area contributed by atoms with Gasteiger partial charge in [-0.25, -0.2) is 0 Å². The van der Waals surface area contributed by atoms with Gasteiger partial charge in [0.05, 0.1) is 6.20 Å². The molecule has 4 rings (SSSR count). The molecule has 1 aromatic heterocycles. The van der Waals surface area contributed by atoms with E-state index in [-0.39, 0.29) is 0 Å². The van der Waals surface area contributed by atoms with Crippen molar-refractivity contribution in [2.45, 2.75) is 26.7 Å². The van der Waals surface area contributed by atoms with E-state index in [1.165, 1.54) is 18.5 Å². The van der Waals surface area contributed by atoms with Gasteiger partial charge in [-0.2, -0.15) is 10.1 Å². The number of piperidine rings is 1. The van der Waals surface area contributed by atoms with E-state index in [9.17, 15) is 0 Å². The predicted octanol–water partition coefficient (Wildman–Crippen LogP) is 2.99. The van der Waals surface area contributed by atoms with Crippen LogP contribution in [0.15, 0.2) is 30.5 Å². The van der Waals surface area contributed by atoms with Crippen LogP contribution in [0.3, 0.4) is 0 Å². The standard InChI is InChI=1S/C21H31N7/c1-3-26-12-14-28(15-13-26)20-16-22-25-21(24-20)23-18-4-6-19(7-5-18)27-10-8-17(2)9-11-27/h4-7,16-17H,3,8-15H2,1-2H3,(H,23,24,25). The third-order valence-electron chi connectivity index (χ3n) is 5.96. The van der Waals surface area contributed by atoms with Crippen molar-refractivity contribution in [3.8, 4) is 0 Å². The number of anilines is 4. The summed E-state index contributed by atoms with van der Waals surface area (Å²) in [6.07, 6.45) is 4.31. The van der Waals surface area contributed by atoms with E-state index in [2.05, 4.69) is 73.3 Å². The number of nitrogens with one attached hydrogen (secondary N) is 1. The smallest absolute Gasteiger partial charge is 0.249 e. The highest BCUT2D eigenvalue weighted by Gasteiger charge is 2.18. The first-order valence-electron chi connectivity index (χ1n) is 10.5. The number of piperazine rings is 1. The van der Waals surface area contributed by atoms with Crippen molar-refractivity contribution in [1.29, 1.82) is 0 Å². The Morgan fingerprint density at radius 2 is 1.68 bits per heavy atom. The van der Waals surface area contributed by atoms with Crippen LogP contribution >= 0.6 is 0 Å². The Morgan fingerprint density at radius 3 is 2.36 bits per heavy atom. The average molecular weight is 382 g/mol. The van der Waals surface area contributed by atoms with E-state index in [0.29, 0.717) is 5.95 Å². The molecule has 2 saturated heterocycles. The number of hydrogen-bond acceptors (Lipinski definition) is 7. The minimum Gasteiger partial charge on any atom is -0.372 e. The van der Waals surface area contributed by atoms with Crippen molar-refractivity contribution < 1.29 is 0 Å². The SMILES string of the molecule is CCN1CCN(c2cnnc(Nc3ccc(N4CCC(C)CC4)cc3)n2)CC1. The van der Waals surface area contributed by atoms with Gasteiger partial charge in [-0.15, -0.1) is 5.10 Å². The van der Waals surface area contributed by atoms with E-state index in [1.54, 1.807) is 6.20 Å². The van der Waals surface area contributed by atoms with Crippen molar-refractivity contribution in [3.63, 3.8) is 0 Å². The van der Waals surface area contributed by atoms with Crippen LogP contribution in [-0.4, -0.2) is 65.9 Å². The third-order valence-corrected chi connectivity index (χ3v) is 5.96. The van der Waals surface area contributed by atoms with Crippen LogP contribution in [-0.2, 0) is 0 Å². The van der Waals surface area contributed by atoms with Gasteiger partial charge in [0.25, 0.3) is 0 Å². The summed E-state index contributed by atoms with van der Waals surface area (Å²) >= 11 is 0. The molecule has 0 spiro atoms. The molecule has 0 bridgehead atoms. The van der Waals surface area contributed by atoms with Crippen LogP contribution in [0.2, 0.25) is 0 Å². The molecule has 2 aromatic rings. The Labute approximate surface area is 167 Å². The third kappa shape index (κ3) is 4.52. The lowest BCUT2D eigenvalue weighted by Gasteiger charge is -2.34. The van der Waals surface area contributed by atoms with E-state index < -0.39 is 0 Å². The molecule has 0 atom stereocenters. The van der Waals surface area contributed by atoms with E-state index in [0.717, 1.165) is 63.2 Å². The summed E-state index contributed by atoms with van der Waals surface area (Å²) < 4.78 is 0. The van der Waals surface area contributed by atoms with Crippen molar-refractivity contribution in [2.24, 2.45) is 5.92 Å².